The number of hydrogen-bond acceptors (Lipinski definition) is 23. The van der Waals surface area contributed by atoms with E-state index in [2.05, 4.69) is 64.9 Å². The first-order chi connectivity index (χ1) is 46.5. The Balaban J connectivity index is 0.953. The number of aliphatic hydroxyl groups excluding tert-OH is 8. The largest absolute Gasteiger partial charge is 0.504 e. The second kappa shape index (κ2) is 33.1. The quantitative estimate of drug-likeness (QED) is 0.0693. The fourth-order valence-corrected chi connectivity index (χ4v) is 15.2. The SMILES string of the molecule is C[C@@H](O)[C@@H]1NC(=O)C(NC(=O)c2ccc(-c3ccc(N4CCN(C5CCC(C)(C6CCCC6)CC5)CC4)cc3)cc2)C[C@@H](O)CNC(=O)[C@@H]2[C@@H](O)[C@@H](C)CN2C(=O)[C@H]([C@H](O)CCNC(CO)CO)NC(=O)[C@H]([C@H](O)Cc2ccc(O)c(OS(O)(O)O)c2)NC(=O)[C@@H]2C[C@@H](O)CN2C1=O. The lowest BCUT2D eigenvalue weighted by molar-refractivity contribution is -0.147. The molecule has 18 N–H and O–H groups in total. The molecular formula is C67H98N10O20S. The highest BCUT2D eigenvalue weighted by molar-refractivity contribution is 8.15. The highest BCUT2D eigenvalue weighted by Crippen LogP contribution is 2.50. The van der Waals surface area contributed by atoms with Crippen LogP contribution in [-0.2, 0) is 35.2 Å². The van der Waals surface area contributed by atoms with Crippen molar-refractivity contribution in [3.8, 4) is 22.6 Å². The first-order valence-electron chi connectivity index (χ1n) is 33.9. The van der Waals surface area contributed by atoms with E-state index in [9.17, 15) is 93.2 Å². The number of phenols is 1. The van der Waals surface area contributed by atoms with E-state index >= 15 is 0 Å². The van der Waals surface area contributed by atoms with Crippen molar-refractivity contribution < 1.29 is 97.4 Å². The van der Waals surface area contributed by atoms with E-state index in [1.807, 2.05) is 12.1 Å². The molecule has 9 rings (SSSR count). The van der Waals surface area contributed by atoms with Crippen LogP contribution in [0, 0.1) is 17.3 Å². The van der Waals surface area contributed by atoms with Gasteiger partial charge in [-0.1, -0.05) is 57.0 Å². The summed E-state index contributed by atoms with van der Waals surface area (Å²) in [5.41, 5.74) is 3.23. The van der Waals surface area contributed by atoms with Crippen LogP contribution in [0.25, 0.3) is 11.1 Å². The van der Waals surface area contributed by atoms with Gasteiger partial charge >= 0.3 is 0 Å². The Labute approximate surface area is 570 Å². The first kappa shape index (κ1) is 75.4. The number of piperazine rings is 1. The number of hydrogen-bond donors (Lipinski definition) is 18. The van der Waals surface area contributed by atoms with Gasteiger partial charge in [0.15, 0.2) is 11.5 Å². The van der Waals surface area contributed by atoms with E-state index < -0.39 is 201 Å². The first-order valence-corrected chi connectivity index (χ1v) is 35.3. The second-order valence-electron chi connectivity index (χ2n) is 27.7. The molecule has 4 heterocycles. The molecule has 0 radical (unpaired) electrons. The maximum atomic E-state index is 15.0. The van der Waals surface area contributed by atoms with E-state index in [0.717, 1.165) is 77.8 Å². The van der Waals surface area contributed by atoms with Gasteiger partial charge < -0.3 is 96.7 Å². The van der Waals surface area contributed by atoms with Crippen LogP contribution >= 0.6 is 11.2 Å². The molecule has 2 saturated carbocycles. The highest BCUT2D eigenvalue weighted by atomic mass is 32.3. The van der Waals surface area contributed by atoms with E-state index in [1.54, 1.807) is 12.1 Å². The van der Waals surface area contributed by atoms with Gasteiger partial charge in [0, 0.05) is 88.3 Å². The Hall–Kier alpha value is -6.82. The predicted octanol–water partition coefficient (Wildman–Crippen LogP) is -0.881. The van der Waals surface area contributed by atoms with Crippen molar-refractivity contribution in [1.82, 2.24) is 46.6 Å². The smallest absolute Gasteiger partial charge is 0.266 e. The molecule has 542 valence electrons. The minimum Gasteiger partial charge on any atom is -0.504 e. The minimum atomic E-state index is -4.74. The fraction of sp³-hybridized carbons (Fsp3) is 0.627. The van der Waals surface area contributed by atoms with Gasteiger partial charge in [0.2, 0.25) is 35.4 Å². The molecule has 3 aromatic carbocycles. The molecule has 13 atom stereocenters. The third-order valence-corrected chi connectivity index (χ3v) is 21.1. The maximum absolute atomic E-state index is 15.0. The molecule has 7 amide bonds. The maximum Gasteiger partial charge on any atom is 0.266 e. The van der Waals surface area contributed by atoms with Crippen LogP contribution in [0.5, 0.6) is 11.5 Å². The number of phenolic OH excluding ortho intramolecular Hbond substituents is 1. The third kappa shape index (κ3) is 18.6. The van der Waals surface area contributed by atoms with Gasteiger partial charge in [-0.2, -0.15) is 0 Å². The number of fused-ring (bicyclic) bond motifs is 2. The van der Waals surface area contributed by atoms with Crippen LogP contribution in [-0.4, -0.2) is 266 Å². The third-order valence-electron chi connectivity index (χ3n) is 20.7. The van der Waals surface area contributed by atoms with Crippen molar-refractivity contribution in [3.63, 3.8) is 0 Å². The summed E-state index contributed by atoms with van der Waals surface area (Å²) < 4.78 is 33.4. The molecule has 4 saturated heterocycles. The summed E-state index contributed by atoms with van der Waals surface area (Å²) in [4.78, 5) is 109. The molecule has 2 aliphatic carbocycles. The second-order valence-corrected chi connectivity index (χ2v) is 28.8. The van der Waals surface area contributed by atoms with E-state index in [1.165, 1.54) is 76.5 Å². The molecule has 0 aromatic heterocycles. The molecule has 4 aliphatic heterocycles. The zero-order valence-corrected chi connectivity index (χ0v) is 56.3. The number of aliphatic hydroxyl groups is 8. The number of anilines is 1. The predicted molar refractivity (Wildman–Crippen MR) is 358 cm³/mol. The number of nitrogens with one attached hydrogen (secondary N) is 6. The molecule has 0 spiro atoms. The van der Waals surface area contributed by atoms with Crippen molar-refractivity contribution in [3.05, 3.63) is 77.9 Å². The van der Waals surface area contributed by atoms with Crippen LogP contribution in [0.4, 0.5) is 5.69 Å². The van der Waals surface area contributed by atoms with Gasteiger partial charge in [0.1, 0.15) is 36.3 Å². The summed E-state index contributed by atoms with van der Waals surface area (Å²) in [7, 11) is 0. The number of carbonyl (C=O) groups excluding carboxylic acids is 7. The number of rotatable bonds is 19. The van der Waals surface area contributed by atoms with Crippen molar-refractivity contribution in [2.45, 2.75) is 183 Å². The van der Waals surface area contributed by atoms with Crippen molar-refractivity contribution in [2.24, 2.45) is 17.3 Å². The number of aromatic hydroxyl groups is 1. The monoisotopic (exact) mass is 1390 g/mol. The highest BCUT2D eigenvalue weighted by Gasteiger charge is 2.50. The summed E-state index contributed by atoms with van der Waals surface area (Å²) in [5, 5.41) is 114. The van der Waals surface area contributed by atoms with Gasteiger partial charge in [-0.05, 0) is 123 Å². The van der Waals surface area contributed by atoms with Gasteiger partial charge in [0.05, 0.1) is 55.9 Å². The van der Waals surface area contributed by atoms with E-state index in [0.29, 0.717) is 11.5 Å². The fourth-order valence-electron chi connectivity index (χ4n) is 14.9. The molecule has 30 nitrogen and oxygen atoms in total. The van der Waals surface area contributed by atoms with Crippen LogP contribution in [0.2, 0.25) is 0 Å². The van der Waals surface area contributed by atoms with Crippen LogP contribution in [0.3, 0.4) is 0 Å². The van der Waals surface area contributed by atoms with Crippen LogP contribution in [0.1, 0.15) is 107 Å². The molecule has 31 heteroatoms. The van der Waals surface area contributed by atoms with Gasteiger partial charge in [-0.15, -0.1) is 0 Å². The van der Waals surface area contributed by atoms with Gasteiger partial charge in [-0.25, -0.2) is 0 Å². The van der Waals surface area contributed by atoms with Gasteiger partial charge in [-0.3, -0.25) is 52.1 Å². The van der Waals surface area contributed by atoms with Crippen molar-refractivity contribution in [1.29, 1.82) is 0 Å². The lowest BCUT2D eigenvalue weighted by Crippen LogP contribution is -2.64. The molecular weight excluding hydrogens is 1300 g/mol. The van der Waals surface area contributed by atoms with Crippen molar-refractivity contribution in [2.75, 3.05) is 70.5 Å². The molecule has 6 fully saturated rings. The standard InChI is InChI=1S/C67H98N10O20S/c1-37-33-77-58(59(37)86)64(91)69-32-47(81)30-49(70-60(87)42-11-9-40(10-12-42)41-13-15-45(16-14-41)74-24-26-75(27-25-74)46-18-21-67(3,22-19-46)43-6-4-5-7-43)61(88)71-55(38(2)80)65(92)76-34-48(82)31-50(76)62(89)72-56(53(85)28-39-8-17-51(83)54(29-39)97-98(94,95)96)63(90)73-57(66(77)93)52(84)20-23-68-44(35-78)36-79/h8-17,29,37-38,43-44,46-50,52-53,55-59,68,78-86,94-96H,4-7,18-28,30-36H2,1-3H3,(H,69,91)(H,70,87)(H,71,88)(H,72,89)(H,73,90)/t37-,38+,46?,47+,48+,49?,50-,52+,53+,55-,56-,57-,58-,59-,67?/m0/s1. The molecule has 6 aliphatic rings. The molecule has 3 aromatic rings. The topological polar surface area (TPSA) is 457 Å². The number of carbonyl (C=O) groups is 7. The Morgan fingerprint density at radius 2 is 1.33 bits per heavy atom. The molecule has 98 heavy (non-hydrogen) atoms. The number of β-amino-alcohol motifs (C(OH)–C–C–N with tert-alkyl or cyclic N) is 1. The van der Waals surface area contributed by atoms with Crippen LogP contribution < -0.4 is 41.0 Å². The summed E-state index contributed by atoms with van der Waals surface area (Å²) in [6.45, 7) is 5.98. The average molecular weight is 1400 g/mol. The van der Waals surface area contributed by atoms with E-state index in [4.69, 9.17) is 0 Å². The molecule has 0 bridgehead atoms. The number of benzene rings is 3. The number of nitrogens with zero attached hydrogens (tertiary/aromatic N) is 4. The Kier molecular flexibility index (Phi) is 25.5. The summed E-state index contributed by atoms with van der Waals surface area (Å²) >= 11 is -4.74. The summed E-state index contributed by atoms with van der Waals surface area (Å²) in [6, 6.07) is 5.92. The number of amides is 7. The summed E-state index contributed by atoms with van der Waals surface area (Å²) in [5.74, 6) is -9.44. The Morgan fingerprint density at radius 1 is 0.714 bits per heavy atom. The van der Waals surface area contributed by atoms with E-state index in [-0.39, 0.29) is 24.2 Å². The summed E-state index contributed by atoms with van der Waals surface area (Å²) in [6.07, 6.45) is -2.29. The zero-order valence-electron chi connectivity index (χ0n) is 55.5. The lowest BCUT2D eigenvalue weighted by atomic mass is 9.65. The normalized spacial score (nSPS) is 29.7. The lowest BCUT2D eigenvalue weighted by Gasteiger charge is -2.47. The minimum absolute atomic E-state index is 0.0550. The zero-order chi connectivity index (χ0) is 70.9. The molecule has 1 unspecified atom stereocenters. The Morgan fingerprint density at radius 3 is 1.95 bits per heavy atom. The average Bonchev–Trinajstić information content (AvgIpc) is 1.59. The Bertz CT molecular complexity index is 3230. The van der Waals surface area contributed by atoms with Crippen molar-refractivity contribution >= 4 is 58.2 Å². The van der Waals surface area contributed by atoms with Crippen LogP contribution in [0.15, 0.2) is 66.7 Å². The van der Waals surface area contributed by atoms with Gasteiger partial charge in [0.25, 0.3) is 17.1 Å².